The lowest BCUT2D eigenvalue weighted by Crippen LogP contribution is -2.16. The molecule has 4 heteroatoms. The predicted molar refractivity (Wildman–Crippen MR) is 55.0 cm³/mol. The molecule has 0 spiro atoms. The molecule has 2 rings (SSSR count). The summed E-state index contributed by atoms with van der Waals surface area (Å²) in [5, 5.41) is 2.63. The summed E-state index contributed by atoms with van der Waals surface area (Å²) in [4.78, 5) is 10.8. The fourth-order valence-corrected chi connectivity index (χ4v) is 1.57. The molecule has 1 heterocycles. The molecule has 0 aromatic heterocycles. The van der Waals surface area contributed by atoms with E-state index in [9.17, 15) is 4.79 Å². The van der Waals surface area contributed by atoms with Crippen LogP contribution in [0, 0.1) is 0 Å². The zero-order chi connectivity index (χ0) is 10.7. The van der Waals surface area contributed by atoms with E-state index in [1.807, 2.05) is 24.3 Å². The average molecular weight is 207 g/mol. The van der Waals surface area contributed by atoms with Crippen LogP contribution < -0.4 is 10.1 Å². The first kappa shape index (κ1) is 9.83. The van der Waals surface area contributed by atoms with E-state index in [-0.39, 0.29) is 12.2 Å². The van der Waals surface area contributed by atoms with Crippen LogP contribution in [0.1, 0.15) is 5.56 Å². The van der Waals surface area contributed by atoms with Crippen LogP contribution in [0.25, 0.3) is 0 Å². The highest BCUT2D eigenvalue weighted by atomic mass is 16.6. The number of cyclic esters (lactones) is 1. The van der Waals surface area contributed by atoms with Crippen LogP contribution in [0.2, 0.25) is 0 Å². The third kappa shape index (κ3) is 2.40. The van der Waals surface area contributed by atoms with E-state index in [4.69, 9.17) is 9.47 Å². The van der Waals surface area contributed by atoms with Crippen molar-refractivity contribution >= 4 is 6.09 Å². The molecule has 1 aliphatic rings. The molecule has 15 heavy (non-hydrogen) atoms. The molecule has 1 aliphatic heterocycles. The molecule has 0 saturated carbocycles. The highest BCUT2D eigenvalue weighted by Gasteiger charge is 2.22. The second-order valence-electron chi connectivity index (χ2n) is 3.46. The van der Waals surface area contributed by atoms with E-state index in [2.05, 4.69) is 5.32 Å². The molecule has 1 saturated heterocycles. The minimum Gasteiger partial charge on any atom is -0.497 e. The molecule has 1 aromatic carbocycles. The summed E-state index contributed by atoms with van der Waals surface area (Å²) < 4.78 is 10.1. The summed E-state index contributed by atoms with van der Waals surface area (Å²) in [6.07, 6.45) is 0.363. The first-order chi connectivity index (χ1) is 7.28. The van der Waals surface area contributed by atoms with Crippen molar-refractivity contribution in [2.24, 2.45) is 0 Å². The van der Waals surface area contributed by atoms with E-state index in [0.29, 0.717) is 6.54 Å². The van der Waals surface area contributed by atoms with Crippen molar-refractivity contribution in [3.05, 3.63) is 29.8 Å². The molecule has 1 N–H and O–H groups in total. The lowest BCUT2D eigenvalue weighted by Gasteiger charge is -2.07. The summed E-state index contributed by atoms with van der Waals surface area (Å²) in [5.74, 6) is 0.834. The highest BCUT2D eigenvalue weighted by Crippen LogP contribution is 2.14. The maximum absolute atomic E-state index is 10.8. The Morgan fingerprint density at radius 3 is 2.73 bits per heavy atom. The van der Waals surface area contributed by atoms with E-state index < -0.39 is 0 Å². The topological polar surface area (TPSA) is 47.6 Å². The Balaban J connectivity index is 1.96. The summed E-state index contributed by atoms with van der Waals surface area (Å²) >= 11 is 0. The number of methoxy groups -OCH3 is 1. The number of hydrogen-bond acceptors (Lipinski definition) is 3. The van der Waals surface area contributed by atoms with Crippen molar-refractivity contribution in [3.63, 3.8) is 0 Å². The molecular weight excluding hydrogens is 194 g/mol. The van der Waals surface area contributed by atoms with Gasteiger partial charge in [-0.05, 0) is 17.7 Å². The minimum absolute atomic E-state index is 0.0501. The lowest BCUT2D eigenvalue weighted by atomic mass is 10.1. The SMILES string of the molecule is COc1ccc(CC2CNC(=O)O2)cc1. The van der Waals surface area contributed by atoms with Gasteiger partial charge in [-0.25, -0.2) is 4.79 Å². The first-order valence-corrected chi connectivity index (χ1v) is 4.85. The first-order valence-electron chi connectivity index (χ1n) is 4.85. The number of carbonyl (C=O) groups is 1. The van der Waals surface area contributed by atoms with Crippen LogP contribution in [0.3, 0.4) is 0 Å². The van der Waals surface area contributed by atoms with Crippen LogP contribution in [0.15, 0.2) is 24.3 Å². The second-order valence-corrected chi connectivity index (χ2v) is 3.46. The number of amides is 1. The highest BCUT2D eigenvalue weighted by molar-refractivity contribution is 5.69. The van der Waals surface area contributed by atoms with Gasteiger partial charge in [0.1, 0.15) is 11.9 Å². The number of nitrogens with one attached hydrogen (secondary N) is 1. The zero-order valence-corrected chi connectivity index (χ0v) is 8.53. The van der Waals surface area contributed by atoms with Crippen molar-refractivity contribution in [1.29, 1.82) is 0 Å². The molecule has 1 aromatic rings. The third-order valence-electron chi connectivity index (χ3n) is 2.37. The van der Waals surface area contributed by atoms with Gasteiger partial charge in [-0.1, -0.05) is 12.1 Å². The Morgan fingerprint density at radius 2 is 2.20 bits per heavy atom. The van der Waals surface area contributed by atoms with Gasteiger partial charge in [0.05, 0.1) is 13.7 Å². The quantitative estimate of drug-likeness (QED) is 0.813. The van der Waals surface area contributed by atoms with Gasteiger partial charge in [0.15, 0.2) is 0 Å². The maximum Gasteiger partial charge on any atom is 0.407 e. The van der Waals surface area contributed by atoms with Gasteiger partial charge in [0.25, 0.3) is 0 Å². The van der Waals surface area contributed by atoms with Gasteiger partial charge in [0, 0.05) is 6.42 Å². The van der Waals surface area contributed by atoms with Crippen molar-refractivity contribution in [2.45, 2.75) is 12.5 Å². The predicted octanol–water partition coefficient (Wildman–Crippen LogP) is 1.35. The van der Waals surface area contributed by atoms with Crippen molar-refractivity contribution < 1.29 is 14.3 Å². The van der Waals surface area contributed by atoms with Crippen LogP contribution in [0.4, 0.5) is 4.79 Å². The summed E-state index contributed by atoms with van der Waals surface area (Å²) in [7, 11) is 1.64. The smallest absolute Gasteiger partial charge is 0.407 e. The van der Waals surface area contributed by atoms with Crippen molar-refractivity contribution in [3.8, 4) is 5.75 Å². The van der Waals surface area contributed by atoms with Gasteiger partial charge in [0.2, 0.25) is 0 Å². The summed E-state index contributed by atoms with van der Waals surface area (Å²) in [5.41, 5.74) is 1.14. The Morgan fingerprint density at radius 1 is 1.47 bits per heavy atom. The van der Waals surface area contributed by atoms with Crippen LogP contribution in [-0.2, 0) is 11.2 Å². The van der Waals surface area contributed by atoms with Gasteiger partial charge in [-0.15, -0.1) is 0 Å². The monoisotopic (exact) mass is 207 g/mol. The average Bonchev–Trinajstić information content (AvgIpc) is 2.65. The number of benzene rings is 1. The van der Waals surface area contributed by atoms with Crippen molar-refractivity contribution in [1.82, 2.24) is 5.32 Å². The fourth-order valence-electron chi connectivity index (χ4n) is 1.57. The molecule has 1 amide bonds. The number of hydrogen-bond donors (Lipinski definition) is 1. The summed E-state index contributed by atoms with van der Waals surface area (Å²) in [6, 6.07) is 7.76. The van der Waals surface area contributed by atoms with Crippen LogP contribution in [0.5, 0.6) is 5.75 Å². The van der Waals surface area contributed by atoms with Gasteiger partial charge >= 0.3 is 6.09 Å². The Kier molecular flexibility index (Phi) is 2.76. The lowest BCUT2D eigenvalue weighted by molar-refractivity contribution is 0.140. The Hall–Kier alpha value is -1.71. The van der Waals surface area contributed by atoms with Gasteiger partial charge < -0.3 is 14.8 Å². The molecule has 1 atom stereocenters. The summed E-state index contributed by atoms with van der Waals surface area (Å²) in [6.45, 7) is 0.588. The Bertz CT molecular complexity index is 347. The Labute approximate surface area is 88.2 Å². The molecule has 80 valence electrons. The fraction of sp³-hybridized carbons (Fsp3) is 0.364. The molecule has 0 bridgehead atoms. The standard InChI is InChI=1S/C11H13NO3/c1-14-9-4-2-8(3-5-9)6-10-7-12-11(13)15-10/h2-5,10H,6-7H2,1H3,(H,12,13). The van der Waals surface area contributed by atoms with Gasteiger partial charge in [-0.3, -0.25) is 0 Å². The number of carbonyl (C=O) groups excluding carboxylic acids is 1. The van der Waals surface area contributed by atoms with E-state index in [1.165, 1.54) is 0 Å². The molecule has 1 unspecified atom stereocenters. The number of alkyl carbamates (subject to hydrolysis) is 1. The van der Waals surface area contributed by atoms with Crippen LogP contribution >= 0.6 is 0 Å². The molecule has 0 radical (unpaired) electrons. The van der Waals surface area contributed by atoms with E-state index in [1.54, 1.807) is 7.11 Å². The largest absolute Gasteiger partial charge is 0.497 e. The van der Waals surface area contributed by atoms with E-state index in [0.717, 1.165) is 17.7 Å². The normalized spacial score (nSPS) is 19.5. The third-order valence-corrected chi connectivity index (χ3v) is 2.37. The molecule has 1 fully saturated rings. The maximum atomic E-state index is 10.8. The molecule has 0 aliphatic carbocycles. The van der Waals surface area contributed by atoms with Crippen LogP contribution in [-0.4, -0.2) is 25.9 Å². The molecular formula is C11H13NO3. The van der Waals surface area contributed by atoms with Crippen molar-refractivity contribution in [2.75, 3.05) is 13.7 Å². The minimum atomic E-state index is -0.325. The number of ether oxygens (including phenoxy) is 2. The zero-order valence-electron chi connectivity index (χ0n) is 8.53. The van der Waals surface area contributed by atoms with Gasteiger partial charge in [-0.2, -0.15) is 0 Å². The van der Waals surface area contributed by atoms with E-state index >= 15 is 0 Å². The number of rotatable bonds is 3. The molecule has 4 nitrogen and oxygen atoms in total. The second kappa shape index (κ2) is 4.21.